The number of carboxylic acid groups (broad SMARTS) is 1. The maximum absolute atomic E-state index is 15.0. The highest BCUT2D eigenvalue weighted by molar-refractivity contribution is 5.85. The molecule has 2 aliphatic rings. The average Bonchev–Trinajstić information content (AvgIpc) is 3.26. The molecule has 0 unspecified atom stereocenters. The zero-order valence-electron chi connectivity index (χ0n) is 20.3. The summed E-state index contributed by atoms with van der Waals surface area (Å²) in [4.78, 5) is 19.0. The van der Waals surface area contributed by atoms with Gasteiger partial charge < -0.3 is 19.6 Å². The smallest absolute Gasteiger partial charge is 0.407 e. The first kappa shape index (κ1) is 24.8. The topological polar surface area (TPSA) is 83.2 Å². The Labute approximate surface area is 205 Å². The summed E-state index contributed by atoms with van der Waals surface area (Å²) in [5.41, 5.74) is 2.00. The molecule has 1 N–H and O–H groups in total. The Balaban J connectivity index is 1.65. The van der Waals surface area contributed by atoms with Gasteiger partial charge in [-0.2, -0.15) is 5.10 Å². The van der Waals surface area contributed by atoms with E-state index < -0.39 is 11.9 Å². The van der Waals surface area contributed by atoms with Gasteiger partial charge in [-0.3, -0.25) is 0 Å². The molecule has 2 aromatic rings. The maximum Gasteiger partial charge on any atom is 0.407 e. The molecular weight excluding hydrogens is 449 g/mol. The highest BCUT2D eigenvalue weighted by atomic mass is 19.1. The number of nitrogens with zero attached hydrogens (tertiary/aromatic N) is 5. The van der Waals surface area contributed by atoms with Crippen LogP contribution in [0, 0.1) is 5.82 Å². The van der Waals surface area contributed by atoms with Crippen LogP contribution in [-0.4, -0.2) is 63.0 Å². The van der Waals surface area contributed by atoms with Gasteiger partial charge in [-0.05, 0) is 32.1 Å². The molecule has 0 atom stereocenters. The summed E-state index contributed by atoms with van der Waals surface area (Å²) in [6.07, 6.45) is 15.8. The van der Waals surface area contributed by atoms with E-state index in [1.807, 2.05) is 12.2 Å². The summed E-state index contributed by atoms with van der Waals surface area (Å²) in [6.45, 7) is 7.70. The summed E-state index contributed by atoms with van der Waals surface area (Å²) in [7, 11) is 0. The van der Waals surface area contributed by atoms with Gasteiger partial charge in [0.05, 0.1) is 24.1 Å². The molecule has 9 heteroatoms. The molecule has 8 nitrogen and oxygen atoms in total. The van der Waals surface area contributed by atoms with Crippen LogP contribution in [0.5, 0.6) is 0 Å². The Bertz CT molecular complexity index is 1110. The van der Waals surface area contributed by atoms with Crippen molar-refractivity contribution in [1.29, 1.82) is 0 Å². The van der Waals surface area contributed by atoms with E-state index in [9.17, 15) is 14.3 Å². The van der Waals surface area contributed by atoms with Crippen molar-refractivity contribution in [2.24, 2.45) is 0 Å². The average molecular weight is 484 g/mol. The van der Waals surface area contributed by atoms with Crippen molar-refractivity contribution in [2.45, 2.75) is 58.0 Å². The van der Waals surface area contributed by atoms with E-state index in [0.717, 1.165) is 49.7 Å². The molecule has 0 radical (unpaired) electrons. The Morgan fingerprint density at radius 3 is 2.69 bits per heavy atom. The highest BCUT2D eigenvalue weighted by Gasteiger charge is 2.25. The standard InChI is InChI=1S/C26H34FN5O3/c1-3-4-5-9-12-21(19(2)35-20-10-7-6-8-11-20)22-17-28-32-18-23(27)25(29-24(22)32)30-13-15-31(16-14-30)26(33)34/h5,9,12,17-18,20H,2-4,6-8,10-11,13-16H2,1H3,(H,33,34)/b9-5-,21-12+. The van der Waals surface area contributed by atoms with Crippen molar-refractivity contribution in [1.82, 2.24) is 19.5 Å². The zero-order valence-corrected chi connectivity index (χ0v) is 20.3. The lowest BCUT2D eigenvalue weighted by atomic mass is 9.97. The number of hydrogen-bond donors (Lipinski definition) is 1. The molecule has 0 spiro atoms. The first-order valence-corrected chi connectivity index (χ1v) is 12.5. The van der Waals surface area contributed by atoms with E-state index in [2.05, 4.69) is 29.7 Å². The van der Waals surface area contributed by atoms with Crippen LogP contribution in [0.1, 0.15) is 57.4 Å². The van der Waals surface area contributed by atoms with Crippen molar-refractivity contribution in [3.05, 3.63) is 54.3 Å². The molecule has 4 rings (SSSR count). The monoisotopic (exact) mass is 483 g/mol. The minimum absolute atomic E-state index is 0.146. The molecule has 1 saturated carbocycles. The third kappa shape index (κ3) is 5.83. The summed E-state index contributed by atoms with van der Waals surface area (Å²) >= 11 is 0. The molecule has 1 aliphatic heterocycles. The molecule has 35 heavy (non-hydrogen) atoms. The summed E-state index contributed by atoms with van der Waals surface area (Å²) in [6, 6.07) is 0. The second kappa shape index (κ2) is 11.4. The molecule has 2 fully saturated rings. The van der Waals surface area contributed by atoms with Crippen LogP contribution >= 0.6 is 0 Å². The Morgan fingerprint density at radius 2 is 2.00 bits per heavy atom. The quantitative estimate of drug-likeness (QED) is 0.407. The number of fused-ring (bicyclic) bond motifs is 1. The molecule has 188 valence electrons. The Kier molecular flexibility index (Phi) is 8.05. The van der Waals surface area contributed by atoms with Crippen LogP contribution in [0.2, 0.25) is 0 Å². The van der Waals surface area contributed by atoms with Crippen LogP contribution in [0.15, 0.2) is 43.0 Å². The molecule has 1 amide bonds. The summed E-state index contributed by atoms with van der Waals surface area (Å²) < 4.78 is 22.7. The largest absolute Gasteiger partial charge is 0.490 e. The number of anilines is 1. The molecule has 1 saturated heterocycles. The lowest BCUT2D eigenvalue weighted by molar-refractivity contribution is 0.0930. The Morgan fingerprint density at radius 1 is 1.26 bits per heavy atom. The van der Waals surface area contributed by atoms with Gasteiger partial charge in [0.1, 0.15) is 5.76 Å². The number of amides is 1. The van der Waals surface area contributed by atoms with E-state index in [1.54, 1.807) is 11.1 Å². The first-order chi connectivity index (χ1) is 17.0. The van der Waals surface area contributed by atoms with Crippen LogP contribution in [0.25, 0.3) is 11.2 Å². The number of carbonyl (C=O) groups is 1. The van der Waals surface area contributed by atoms with Gasteiger partial charge in [-0.1, -0.05) is 44.6 Å². The third-order valence-electron chi connectivity index (χ3n) is 6.59. The summed E-state index contributed by atoms with van der Waals surface area (Å²) in [5, 5.41) is 13.6. The summed E-state index contributed by atoms with van der Waals surface area (Å²) in [5.74, 6) is 0.265. The minimum Gasteiger partial charge on any atom is -0.490 e. The van der Waals surface area contributed by atoms with Crippen molar-refractivity contribution >= 4 is 23.1 Å². The normalized spacial score (nSPS) is 17.9. The van der Waals surface area contributed by atoms with Gasteiger partial charge in [0.2, 0.25) is 0 Å². The number of hydrogen-bond acceptors (Lipinski definition) is 5. The van der Waals surface area contributed by atoms with Crippen molar-refractivity contribution in [3.63, 3.8) is 0 Å². The van der Waals surface area contributed by atoms with E-state index in [1.165, 1.54) is 22.0 Å². The fourth-order valence-electron chi connectivity index (χ4n) is 4.61. The molecule has 0 aromatic carbocycles. The number of rotatable bonds is 8. The number of halogens is 1. The van der Waals surface area contributed by atoms with Crippen molar-refractivity contribution < 1.29 is 19.0 Å². The van der Waals surface area contributed by atoms with Crippen LogP contribution in [-0.2, 0) is 4.74 Å². The number of aromatic nitrogens is 3. The van der Waals surface area contributed by atoms with Gasteiger partial charge in [0.15, 0.2) is 17.3 Å². The zero-order chi connectivity index (χ0) is 24.8. The number of piperazine rings is 1. The van der Waals surface area contributed by atoms with Crippen LogP contribution in [0.4, 0.5) is 15.0 Å². The van der Waals surface area contributed by atoms with E-state index in [-0.39, 0.29) is 11.9 Å². The predicted octanol–water partition coefficient (Wildman–Crippen LogP) is 5.27. The molecule has 1 aliphatic carbocycles. The van der Waals surface area contributed by atoms with Crippen LogP contribution < -0.4 is 4.90 Å². The fraction of sp³-hybridized carbons (Fsp3) is 0.500. The van der Waals surface area contributed by atoms with Crippen LogP contribution in [0.3, 0.4) is 0 Å². The first-order valence-electron chi connectivity index (χ1n) is 12.5. The molecule has 0 bridgehead atoms. The number of unbranched alkanes of at least 4 members (excludes halogenated alkanes) is 1. The van der Waals surface area contributed by atoms with Gasteiger partial charge in [-0.25, -0.2) is 18.7 Å². The second-order valence-corrected chi connectivity index (χ2v) is 9.09. The van der Waals surface area contributed by atoms with E-state index >= 15 is 0 Å². The lowest BCUT2D eigenvalue weighted by Gasteiger charge is -2.33. The SMILES string of the molecule is C=C(OC1CCCCC1)/C(=C\C=C/CCC)c1cnn2cc(F)c(N3CCN(C(=O)O)CC3)nc12. The van der Waals surface area contributed by atoms with E-state index in [4.69, 9.17) is 4.74 Å². The van der Waals surface area contributed by atoms with Gasteiger partial charge in [0.25, 0.3) is 0 Å². The second-order valence-electron chi connectivity index (χ2n) is 9.09. The predicted molar refractivity (Wildman–Crippen MR) is 134 cm³/mol. The maximum atomic E-state index is 15.0. The van der Waals surface area contributed by atoms with E-state index in [0.29, 0.717) is 37.6 Å². The molecule has 2 aromatic heterocycles. The van der Waals surface area contributed by atoms with Gasteiger partial charge in [0, 0.05) is 31.8 Å². The van der Waals surface area contributed by atoms with Gasteiger partial charge in [-0.15, -0.1) is 0 Å². The lowest BCUT2D eigenvalue weighted by Crippen LogP contribution is -2.48. The molecule has 3 heterocycles. The highest BCUT2D eigenvalue weighted by Crippen LogP contribution is 2.31. The number of ether oxygens (including phenoxy) is 1. The third-order valence-corrected chi connectivity index (χ3v) is 6.59. The number of allylic oxidation sites excluding steroid dienone is 4. The molecular formula is C26H34FN5O3. The Hall–Kier alpha value is -3.36. The minimum atomic E-state index is -0.964. The van der Waals surface area contributed by atoms with Crippen molar-refractivity contribution in [3.8, 4) is 0 Å². The van der Waals surface area contributed by atoms with Gasteiger partial charge >= 0.3 is 6.09 Å². The fourth-order valence-corrected chi connectivity index (χ4v) is 4.61. The van der Waals surface area contributed by atoms with Crippen molar-refractivity contribution in [2.75, 3.05) is 31.1 Å².